The van der Waals surface area contributed by atoms with Crippen LogP contribution in [-0.2, 0) is 42.9 Å². The van der Waals surface area contributed by atoms with Crippen molar-refractivity contribution in [3.8, 4) is 11.5 Å². The van der Waals surface area contributed by atoms with Crippen LogP contribution in [0.15, 0.2) is 33.2 Å². The molecular weight excluding hydrogens is 1010 g/mol. The van der Waals surface area contributed by atoms with Gasteiger partial charge >= 0.3 is 30.1 Å². The van der Waals surface area contributed by atoms with Gasteiger partial charge in [-0.05, 0) is 97.7 Å². The fraction of sp³-hybridized carbons (Fsp3) is 0.581. The second-order valence-corrected chi connectivity index (χ2v) is 19.8. The first-order chi connectivity index (χ1) is 29.9. The smallest absolute Gasteiger partial charge is 0.410 e. The van der Waals surface area contributed by atoms with Gasteiger partial charge in [0.05, 0.1) is 42.7 Å². The van der Waals surface area contributed by atoms with Gasteiger partial charge in [0, 0.05) is 85.7 Å². The summed E-state index contributed by atoms with van der Waals surface area (Å²) in [7, 11) is 3.83. The Bertz CT molecular complexity index is 2040. The molecule has 17 nitrogen and oxygen atoms in total. The van der Waals surface area contributed by atoms with Gasteiger partial charge in [0.1, 0.15) is 22.7 Å². The minimum Gasteiger partial charge on any atom is -0.478 e. The number of benzene rings is 2. The highest BCUT2D eigenvalue weighted by atomic mass is 79.9. The van der Waals surface area contributed by atoms with Crippen LogP contribution in [0.2, 0.25) is 10.0 Å². The first-order valence-corrected chi connectivity index (χ1v) is 22.8. The standard InChI is InChI=1S/C22H30BrClN2O7.C21H26BrClN2O6/c1-22(2,3)33-21(29)26-11-13(12-26)10-25-16-9-15(24)14(23)8-18(16)32-17(20(28)31-5)6-7-19(27)30-4;1-21(2,3)31-20(28)24-9-12(10-24)11-25-15-8-14(23)13(22)7-17(15)30-16(19(25)27)5-6-18(26)29-4/h8-9,13,17,25H,6-7,10-12H2,1-5H3;7-8,12,16H,5-6,9-11H2,1-4H3. The molecule has 354 valence electrons. The Balaban J connectivity index is 0.000000281. The molecule has 2 atom stereocenters. The van der Waals surface area contributed by atoms with E-state index in [2.05, 4.69) is 46.7 Å². The number of likely N-dealkylation sites (tertiary alicyclic amines) is 2. The Kier molecular flexibility index (Phi) is 18.7. The van der Waals surface area contributed by atoms with Gasteiger partial charge < -0.3 is 53.2 Å². The molecule has 2 fully saturated rings. The molecule has 2 unspecified atom stereocenters. The minimum atomic E-state index is -1.01. The Hall–Kier alpha value is -4.20. The summed E-state index contributed by atoms with van der Waals surface area (Å²) in [5, 5.41) is 4.19. The van der Waals surface area contributed by atoms with E-state index < -0.39 is 41.3 Å². The Morgan fingerprint density at radius 1 is 0.781 bits per heavy atom. The van der Waals surface area contributed by atoms with E-state index in [9.17, 15) is 28.8 Å². The number of methoxy groups -OCH3 is 3. The molecule has 5 rings (SSSR count). The quantitative estimate of drug-likeness (QED) is 0.141. The molecule has 0 saturated carbocycles. The van der Waals surface area contributed by atoms with E-state index in [1.807, 2.05) is 41.5 Å². The van der Waals surface area contributed by atoms with Crippen molar-refractivity contribution in [3.63, 3.8) is 0 Å². The number of esters is 3. The number of carbonyl (C=O) groups excluding carboxylic acids is 6. The van der Waals surface area contributed by atoms with E-state index in [4.69, 9.17) is 46.9 Å². The van der Waals surface area contributed by atoms with Crippen LogP contribution in [0, 0.1) is 11.8 Å². The fourth-order valence-electron chi connectivity index (χ4n) is 6.51. The summed E-state index contributed by atoms with van der Waals surface area (Å²) < 4.78 is 37.9. The highest BCUT2D eigenvalue weighted by Crippen LogP contribution is 2.42. The highest BCUT2D eigenvalue weighted by Gasteiger charge is 2.41. The Labute approximate surface area is 400 Å². The van der Waals surface area contributed by atoms with Crippen LogP contribution < -0.4 is 19.7 Å². The molecule has 2 saturated heterocycles. The van der Waals surface area contributed by atoms with Crippen molar-refractivity contribution in [3.05, 3.63) is 43.3 Å². The topological polar surface area (TPSA) is 189 Å². The molecule has 0 aromatic heterocycles. The van der Waals surface area contributed by atoms with Crippen LogP contribution >= 0.6 is 55.1 Å². The predicted octanol–water partition coefficient (Wildman–Crippen LogP) is 8.27. The molecule has 3 aliphatic rings. The number of nitrogens with zero attached hydrogens (tertiary/aromatic N) is 3. The van der Waals surface area contributed by atoms with Crippen molar-refractivity contribution in [1.29, 1.82) is 0 Å². The van der Waals surface area contributed by atoms with Crippen molar-refractivity contribution >= 4 is 102 Å². The number of halogens is 4. The van der Waals surface area contributed by atoms with Crippen LogP contribution in [0.25, 0.3) is 0 Å². The largest absolute Gasteiger partial charge is 0.478 e. The van der Waals surface area contributed by atoms with Gasteiger partial charge in [-0.2, -0.15) is 0 Å². The summed E-state index contributed by atoms with van der Waals surface area (Å²) in [6.07, 6.45) is -2.14. The lowest BCUT2D eigenvalue weighted by Gasteiger charge is -2.43. The maximum absolute atomic E-state index is 13.2. The fourth-order valence-corrected chi connectivity index (χ4v) is 7.48. The molecule has 0 bridgehead atoms. The summed E-state index contributed by atoms with van der Waals surface area (Å²) in [6, 6.07) is 6.72. The molecule has 3 heterocycles. The summed E-state index contributed by atoms with van der Waals surface area (Å²) >= 11 is 19.3. The molecule has 3 amide bonds. The maximum atomic E-state index is 13.2. The normalized spacial score (nSPS) is 16.7. The number of hydrogen-bond donors (Lipinski definition) is 1. The van der Waals surface area contributed by atoms with Crippen molar-refractivity contribution in [2.45, 2.75) is 90.6 Å². The Morgan fingerprint density at radius 2 is 1.31 bits per heavy atom. The number of hydrogen-bond acceptors (Lipinski definition) is 14. The average Bonchev–Trinajstić information content (AvgIpc) is 3.17. The van der Waals surface area contributed by atoms with E-state index in [1.54, 1.807) is 39.0 Å². The van der Waals surface area contributed by atoms with Gasteiger partial charge in [0.15, 0.2) is 12.2 Å². The third-order valence-electron chi connectivity index (χ3n) is 9.78. The highest BCUT2D eigenvalue weighted by molar-refractivity contribution is 9.10. The zero-order valence-corrected chi connectivity index (χ0v) is 42.0. The monoisotopic (exact) mass is 1060 g/mol. The van der Waals surface area contributed by atoms with Gasteiger partial charge in [0.2, 0.25) is 0 Å². The van der Waals surface area contributed by atoms with Crippen LogP contribution in [0.1, 0.15) is 67.2 Å². The molecule has 2 aromatic rings. The third kappa shape index (κ3) is 15.2. The lowest BCUT2D eigenvalue weighted by atomic mass is 9.98. The number of nitrogens with one attached hydrogen (secondary N) is 1. The summed E-state index contributed by atoms with van der Waals surface area (Å²) in [5.41, 5.74) is 0.0533. The molecule has 2 aromatic carbocycles. The number of carbonyl (C=O) groups is 6. The van der Waals surface area contributed by atoms with E-state index in [0.717, 1.165) is 0 Å². The van der Waals surface area contributed by atoms with Crippen LogP contribution in [-0.4, -0.2) is 130 Å². The van der Waals surface area contributed by atoms with Crippen LogP contribution in [0.3, 0.4) is 0 Å². The van der Waals surface area contributed by atoms with E-state index in [1.165, 1.54) is 21.3 Å². The maximum Gasteiger partial charge on any atom is 0.410 e. The lowest BCUT2D eigenvalue weighted by molar-refractivity contribution is -0.150. The number of anilines is 2. The second kappa shape index (κ2) is 22.8. The molecule has 0 spiro atoms. The average molecular weight is 1070 g/mol. The SMILES string of the molecule is COC(=O)CCC(Oc1cc(Br)c(Cl)cc1NCC1CN(C(=O)OC(C)(C)C)C1)C(=O)OC.COC(=O)CCC1Oc2cc(Br)c(Cl)cc2N(CC2CN(C(=O)OC(C)(C)C)C2)C1=O. The van der Waals surface area contributed by atoms with Gasteiger partial charge in [-0.25, -0.2) is 14.4 Å². The molecule has 1 N–H and O–H groups in total. The molecular formula is C43H56Br2Cl2N4O13. The number of rotatable bonds is 14. The van der Waals surface area contributed by atoms with Crippen LogP contribution in [0.5, 0.6) is 11.5 Å². The molecule has 21 heteroatoms. The summed E-state index contributed by atoms with van der Waals surface area (Å²) in [6.45, 7) is 14.0. The van der Waals surface area contributed by atoms with E-state index in [0.29, 0.717) is 81.1 Å². The minimum absolute atomic E-state index is 0.00361. The zero-order valence-electron chi connectivity index (χ0n) is 37.4. The number of fused-ring (bicyclic) bond motifs is 1. The molecule has 64 heavy (non-hydrogen) atoms. The third-order valence-corrected chi connectivity index (χ3v) is 12.2. The van der Waals surface area contributed by atoms with E-state index >= 15 is 0 Å². The number of amides is 3. The molecule has 0 radical (unpaired) electrons. The molecule has 3 aliphatic heterocycles. The first-order valence-electron chi connectivity index (χ1n) is 20.5. The van der Waals surface area contributed by atoms with Crippen molar-refractivity contribution in [2.75, 3.05) is 70.8 Å². The Morgan fingerprint density at radius 3 is 1.86 bits per heavy atom. The van der Waals surface area contributed by atoms with Crippen molar-refractivity contribution in [2.24, 2.45) is 11.8 Å². The van der Waals surface area contributed by atoms with Crippen molar-refractivity contribution < 1.29 is 61.9 Å². The first kappa shape index (κ1) is 52.4. The van der Waals surface area contributed by atoms with Gasteiger partial charge in [-0.3, -0.25) is 14.4 Å². The van der Waals surface area contributed by atoms with Gasteiger partial charge in [-0.1, -0.05) is 23.2 Å². The van der Waals surface area contributed by atoms with Crippen LogP contribution in [0.4, 0.5) is 21.0 Å². The summed E-state index contributed by atoms with van der Waals surface area (Å²) in [5.74, 6) is -0.535. The van der Waals surface area contributed by atoms with Gasteiger partial charge in [-0.15, -0.1) is 0 Å². The molecule has 0 aliphatic carbocycles. The predicted molar refractivity (Wildman–Crippen MR) is 245 cm³/mol. The number of ether oxygens (including phenoxy) is 7. The van der Waals surface area contributed by atoms with Crippen molar-refractivity contribution in [1.82, 2.24) is 9.80 Å². The lowest BCUT2D eigenvalue weighted by Crippen LogP contribution is -2.57. The summed E-state index contributed by atoms with van der Waals surface area (Å²) in [4.78, 5) is 77.6. The van der Waals surface area contributed by atoms with E-state index in [-0.39, 0.29) is 55.6 Å². The van der Waals surface area contributed by atoms with Gasteiger partial charge in [0.25, 0.3) is 5.91 Å². The second-order valence-electron chi connectivity index (χ2n) is 17.3. The zero-order chi connectivity index (χ0) is 47.7.